The average molecular weight is 280 g/mol. The Hall–Kier alpha value is -2.29. The van der Waals surface area contributed by atoms with Gasteiger partial charge in [-0.05, 0) is 37.1 Å². The number of hydrogen-bond donors (Lipinski definition) is 1. The molecule has 0 fully saturated rings. The van der Waals surface area contributed by atoms with Crippen molar-refractivity contribution >= 4 is 17.3 Å². The molecule has 0 unspecified atom stereocenters. The lowest BCUT2D eigenvalue weighted by molar-refractivity contribution is -0.119. The normalized spacial score (nSPS) is 16.2. The van der Waals surface area contributed by atoms with Gasteiger partial charge in [0.1, 0.15) is 6.04 Å². The van der Waals surface area contributed by atoms with Gasteiger partial charge in [0, 0.05) is 24.3 Å². The van der Waals surface area contributed by atoms with Crippen LogP contribution in [0.1, 0.15) is 18.1 Å². The predicted octanol–water partition coefficient (Wildman–Crippen LogP) is 3.38. The number of carbonyl (C=O) groups excluding carboxylic acids is 1. The molecule has 0 radical (unpaired) electrons. The molecule has 3 nitrogen and oxygen atoms in total. The van der Waals surface area contributed by atoms with Crippen molar-refractivity contribution in [3.63, 3.8) is 0 Å². The molecular weight excluding hydrogens is 260 g/mol. The molecule has 2 aromatic carbocycles. The maximum absolute atomic E-state index is 12.9. The second kappa shape index (κ2) is 5.60. The molecule has 2 aromatic rings. The van der Waals surface area contributed by atoms with Crippen LogP contribution in [0.15, 0.2) is 48.5 Å². The average Bonchev–Trinajstić information content (AvgIpc) is 2.93. The van der Waals surface area contributed by atoms with Gasteiger partial charge in [0.25, 0.3) is 0 Å². The van der Waals surface area contributed by atoms with Gasteiger partial charge in [-0.3, -0.25) is 4.79 Å². The van der Waals surface area contributed by atoms with Crippen LogP contribution >= 0.6 is 0 Å². The minimum atomic E-state index is -0.165. The number of likely N-dealkylation sites (N-methyl/N-ethyl adjacent to an activating group) is 1. The van der Waals surface area contributed by atoms with Crippen LogP contribution in [0, 0.1) is 6.92 Å². The number of hydrogen-bond acceptors (Lipinski definition) is 2. The lowest BCUT2D eigenvalue weighted by Crippen LogP contribution is -2.42. The van der Waals surface area contributed by atoms with E-state index in [0.717, 1.165) is 23.4 Å². The summed E-state index contributed by atoms with van der Waals surface area (Å²) in [6.45, 7) is 4.74. The zero-order valence-corrected chi connectivity index (χ0v) is 12.5. The van der Waals surface area contributed by atoms with Crippen molar-refractivity contribution < 1.29 is 4.79 Å². The van der Waals surface area contributed by atoms with E-state index in [1.165, 1.54) is 5.56 Å². The third-order valence-electron chi connectivity index (χ3n) is 4.06. The number of benzene rings is 2. The number of para-hydroxylation sites is 2. The molecule has 1 heterocycles. The van der Waals surface area contributed by atoms with E-state index in [-0.39, 0.29) is 11.9 Å². The minimum absolute atomic E-state index is 0.142. The SMILES string of the molecule is CCN(C(=O)[C@@H]1Cc2ccccc2N1)c1ccccc1C. The molecule has 0 bridgehead atoms. The fraction of sp³-hybridized carbons (Fsp3) is 0.278. The summed E-state index contributed by atoms with van der Waals surface area (Å²) in [4.78, 5) is 14.7. The van der Waals surface area contributed by atoms with Crippen LogP contribution in [0.2, 0.25) is 0 Å². The first-order valence-corrected chi connectivity index (χ1v) is 7.42. The Bertz CT molecular complexity index is 641. The Morgan fingerprint density at radius 2 is 1.90 bits per heavy atom. The number of nitrogens with one attached hydrogen (secondary N) is 1. The molecule has 21 heavy (non-hydrogen) atoms. The second-order valence-corrected chi connectivity index (χ2v) is 5.43. The first kappa shape index (κ1) is 13.7. The van der Waals surface area contributed by atoms with Crippen LogP contribution in [-0.2, 0) is 11.2 Å². The minimum Gasteiger partial charge on any atom is -0.373 e. The number of anilines is 2. The number of aryl methyl sites for hydroxylation is 1. The third-order valence-corrected chi connectivity index (χ3v) is 4.06. The summed E-state index contributed by atoms with van der Waals surface area (Å²) in [5.41, 5.74) is 4.43. The number of amides is 1. The maximum atomic E-state index is 12.9. The van der Waals surface area contributed by atoms with E-state index in [1.54, 1.807) is 0 Å². The van der Waals surface area contributed by atoms with Crippen LogP contribution in [0.3, 0.4) is 0 Å². The van der Waals surface area contributed by atoms with E-state index in [4.69, 9.17) is 0 Å². The summed E-state index contributed by atoms with van der Waals surface area (Å²) < 4.78 is 0. The van der Waals surface area contributed by atoms with Crippen molar-refractivity contribution in [3.05, 3.63) is 59.7 Å². The van der Waals surface area contributed by atoms with Gasteiger partial charge >= 0.3 is 0 Å². The molecular formula is C18H20N2O. The third kappa shape index (κ3) is 2.51. The molecule has 3 heteroatoms. The number of fused-ring (bicyclic) bond motifs is 1. The van der Waals surface area contributed by atoms with Gasteiger partial charge < -0.3 is 10.2 Å². The van der Waals surface area contributed by atoms with Crippen molar-refractivity contribution in [2.75, 3.05) is 16.8 Å². The molecule has 0 saturated heterocycles. The van der Waals surface area contributed by atoms with Crippen molar-refractivity contribution in [2.24, 2.45) is 0 Å². The van der Waals surface area contributed by atoms with Gasteiger partial charge in [0.2, 0.25) is 5.91 Å². The Morgan fingerprint density at radius 1 is 1.19 bits per heavy atom. The van der Waals surface area contributed by atoms with Crippen molar-refractivity contribution in [3.8, 4) is 0 Å². The van der Waals surface area contributed by atoms with Crippen LogP contribution in [-0.4, -0.2) is 18.5 Å². The Kier molecular flexibility index (Phi) is 3.65. The van der Waals surface area contributed by atoms with E-state index < -0.39 is 0 Å². The zero-order chi connectivity index (χ0) is 14.8. The van der Waals surface area contributed by atoms with Crippen LogP contribution < -0.4 is 10.2 Å². The Balaban J connectivity index is 1.84. The van der Waals surface area contributed by atoms with E-state index in [1.807, 2.05) is 61.2 Å². The van der Waals surface area contributed by atoms with Gasteiger partial charge in [-0.2, -0.15) is 0 Å². The van der Waals surface area contributed by atoms with Crippen LogP contribution in [0.5, 0.6) is 0 Å². The highest BCUT2D eigenvalue weighted by molar-refractivity contribution is 6.00. The molecule has 0 spiro atoms. The molecule has 0 saturated carbocycles. The van der Waals surface area contributed by atoms with Crippen LogP contribution in [0.25, 0.3) is 0 Å². The quantitative estimate of drug-likeness (QED) is 0.934. The molecule has 1 aliphatic heterocycles. The van der Waals surface area contributed by atoms with E-state index in [0.29, 0.717) is 6.54 Å². The first-order valence-electron chi connectivity index (χ1n) is 7.42. The summed E-state index contributed by atoms with van der Waals surface area (Å²) in [6, 6.07) is 16.0. The van der Waals surface area contributed by atoms with Gasteiger partial charge in [-0.15, -0.1) is 0 Å². The highest BCUT2D eigenvalue weighted by Crippen LogP contribution is 2.28. The molecule has 1 N–H and O–H groups in total. The number of rotatable bonds is 3. The Morgan fingerprint density at radius 3 is 2.62 bits per heavy atom. The molecule has 0 aliphatic carbocycles. The molecule has 3 rings (SSSR count). The molecule has 1 amide bonds. The van der Waals surface area contributed by atoms with Gasteiger partial charge in [-0.1, -0.05) is 36.4 Å². The lowest BCUT2D eigenvalue weighted by Gasteiger charge is -2.26. The monoisotopic (exact) mass is 280 g/mol. The summed E-state index contributed by atoms with van der Waals surface area (Å²) in [5.74, 6) is 0.142. The smallest absolute Gasteiger partial charge is 0.249 e. The Labute approximate surface area is 125 Å². The number of carbonyl (C=O) groups is 1. The standard InChI is InChI=1S/C18H20N2O/c1-3-20(17-11-7-4-8-13(17)2)18(21)16-12-14-9-5-6-10-15(14)19-16/h4-11,16,19H,3,12H2,1-2H3/t16-/m0/s1. The fourth-order valence-corrected chi connectivity index (χ4v) is 2.95. The summed E-state index contributed by atoms with van der Waals surface area (Å²) in [6.07, 6.45) is 0.761. The summed E-state index contributed by atoms with van der Waals surface area (Å²) in [5, 5.41) is 3.35. The zero-order valence-electron chi connectivity index (χ0n) is 12.5. The largest absolute Gasteiger partial charge is 0.373 e. The fourth-order valence-electron chi connectivity index (χ4n) is 2.95. The van der Waals surface area contributed by atoms with Crippen molar-refractivity contribution in [2.45, 2.75) is 26.3 Å². The van der Waals surface area contributed by atoms with Gasteiger partial charge in [0.15, 0.2) is 0 Å². The molecule has 1 atom stereocenters. The molecule has 1 aliphatic rings. The summed E-state index contributed by atoms with van der Waals surface area (Å²) in [7, 11) is 0. The lowest BCUT2D eigenvalue weighted by atomic mass is 10.1. The first-order chi connectivity index (χ1) is 10.2. The topological polar surface area (TPSA) is 32.3 Å². The highest BCUT2D eigenvalue weighted by Gasteiger charge is 2.30. The summed E-state index contributed by atoms with van der Waals surface area (Å²) >= 11 is 0. The predicted molar refractivity (Wildman–Crippen MR) is 86.8 cm³/mol. The van der Waals surface area contributed by atoms with Gasteiger partial charge in [0.05, 0.1) is 0 Å². The molecule has 0 aromatic heterocycles. The van der Waals surface area contributed by atoms with Crippen molar-refractivity contribution in [1.82, 2.24) is 0 Å². The van der Waals surface area contributed by atoms with E-state index in [9.17, 15) is 4.79 Å². The molecule has 108 valence electrons. The van der Waals surface area contributed by atoms with Crippen LogP contribution in [0.4, 0.5) is 11.4 Å². The number of nitrogens with zero attached hydrogens (tertiary/aromatic N) is 1. The van der Waals surface area contributed by atoms with Gasteiger partial charge in [-0.25, -0.2) is 0 Å². The van der Waals surface area contributed by atoms with E-state index in [2.05, 4.69) is 11.4 Å². The van der Waals surface area contributed by atoms with Crippen molar-refractivity contribution in [1.29, 1.82) is 0 Å². The van der Waals surface area contributed by atoms with E-state index >= 15 is 0 Å². The second-order valence-electron chi connectivity index (χ2n) is 5.43. The highest BCUT2D eigenvalue weighted by atomic mass is 16.2. The maximum Gasteiger partial charge on any atom is 0.249 e.